The third-order valence-corrected chi connectivity index (χ3v) is 7.84. The molecular formula is C25H35F2N5O4. The molecule has 1 aliphatic carbocycles. The molecule has 0 aromatic heterocycles. The van der Waals surface area contributed by atoms with Crippen molar-refractivity contribution in [3.63, 3.8) is 0 Å². The fraction of sp³-hybridized carbons (Fsp3) is 0.680. The predicted molar refractivity (Wildman–Crippen MR) is 131 cm³/mol. The van der Waals surface area contributed by atoms with Crippen LogP contribution in [0.1, 0.15) is 55.3 Å². The Morgan fingerprint density at radius 1 is 1.08 bits per heavy atom. The molecule has 3 fully saturated rings. The molecule has 1 unspecified atom stereocenters. The monoisotopic (exact) mass is 507 g/mol. The minimum absolute atomic E-state index is 0.108. The molecule has 1 saturated carbocycles. The SMILES string of the molecule is CN(C)c1ccc([N+](=O)[O-])c(C(=O)N2CCC(N3CCC(C(=O)NC4CCC(F)(F)C4)CC3)CC2)c1. The quantitative estimate of drug-likeness (QED) is 0.469. The highest BCUT2D eigenvalue weighted by Crippen LogP contribution is 2.35. The van der Waals surface area contributed by atoms with Gasteiger partial charge in [-0.05, 0) is 57.3 Å². The van der Waals surface area contributed by atoms with E-state index in [9.17, 15) is 28.5 Å². The van der Waals surface area contributed by atoms with Gasteiger partial charge in [0.1, 0.15) is 5.56 Å². The zero-order chi connectivity index (χ0) is 26.0. The maximum absolute atomic E-state index is 13.4. The lowest BCUT2D eigenvalue weighted by Gasteiger charge is -2.41. The van der Waals surface area contributed by atoms with Crippen LogP contribution in [0.4, 0.5) is 20.2 Å². The lowest BCUT2D eigenvalue weighted by molar-refractivity contribution is -0.385. The topological polar surface area (TPSA) is 99.0 Å². The molecule has 2 aliphatic heterocycles. The maximum Gasteiger partial charge on any atom is 0.282 e. The standard InChI is InChI=1S/C25H35F2N5O4/c1-29(2)20-3-4-22(32(35)36)21(15-20)24(34)31-13-8-19(9-14-31)30-11-6-17(7-12-30)23(33)28-18-5-10-25(26,27)16-18/h3-4,15,17-19H,5-14,16H2,1-2H3,(H,28,33). The molecule has 2 saturated heterocycles. The minimum Gasteiger partial charge on any atom is -0.378 e. The molecule has 2 heterocycles. The van der Waals surface area contributed by atoms with Crippen LogP contribution >= 0.6 is 0 Å². The van der Waals surface area contributed by atoms with Gasteiger partial charge in [-0.2, -0.15) is 0 Å². The fourth-order valence-corrected chi connectivity index (χ4v) is 5.66. The second kappa shape index (κ2) is 10.7. The van der Waals surface area contributed by atoms with Crippen molar-refractivity contribution in [1.29, 1.82) is 0 Å². The van der Waals surface area contributed by atoms with Crippen molar-refractivity contribution in [1.82, 2.24) is 15.1 Å². The summed E-state index contributed by atoms with van der Waals surface area (Å²) in [6, 6.07) is 4.45. The molecular weight excluding hydrogens is 472 g/mol. The molecule has 36 heavy (non-hydrogen) atoms. The van der Waals surface area contributed by atoms with Crippen LogP contribution < -0.4 is 10.2 Å². The summed E-state index contributed by atoms with van der Waals surface area (Å²) >= 11 is 0. The van der Waals surface area contributed by atoms with E-state index in [1.165, 1.54) is 6.07 Å². The summed E-state index contributed by atoms with van der Waals surface area (Å²) in [4.78, 5) is 42.6. The highest BCUT2D eigenvalue weighted by Gasteiger charge is 2.41. The summed E-state index contributed by atoms with van der Waals surface area (Å²) in [5.41, 5.74) is 0.651. The molecule has 1 atom stereocenters. The average molecular weight is 508 g/mol. The van der Waals surface area contributed by atoms with E-state index in [1.54, 1.807) is 21.9 Å². The van der Waals surface area contributed by atoms with Crippen LogP contribution in [0.25, 0.3) is 0 Å². The first-order valence-corrected chi connectivity index (χ1v) is 12.7. The predicted octanol–water partition coefficient (Wildman–Crippen LogP) is 3.28. The van der Waals surface area contributed by atoms with Crippen LogP contribution in [-0.4, -0.2) is 84.8 Å². The second-order valence-electron chi connectivity index (χ2n) is 10.5. The van der Waals surface area contributed by atoms with Crippen molar-refractivity contribution >= 4 is 23.2 Å². The van der Waals surface area contributed by atoms with Crippen molar-refractivity contribution in [2.75, 3.05) is 45.2 Å². The number of nitrogens with one attached hydrogen (secondary N) is 1. The number of nitro benzene ring substituents is 1. The van der Waals surface area contributed by atoms with Crippen molar-refractivity contribution in [2.24, 2.45) is 5.92 Å². The number of alkyl halides is 2. The Kier molecular flexibility index (Phi) is 7.77. The van der Waals surface area contributed by atoms with Crippen LogP contribution in [-0.2, 0) is 4.79 Å². The molecule has 0 bridgehead atoms. The number of hydrogen-bond donors (Lipinski definition) is 1. The maximum atomic E-state index is 13.4. The number of anilines is 1. The van der Waals surface area contributed by atoms with Gasteiger partial charge in [-0.3, -0.25) is 19.7 Å². The number of nitrogens with zero attached hydrogens (tertiary/aromatic N) is 4. The Bertz CT molecular complexity index is 989. The van der Waals surface area contributed by atoms with Crippen molar-refractivity contribution in [3.05, 3.63) is 33.9 Å². The number of hydrogen-bond acceptors (Lipinski definition) is 6. The number of nitro groups is 1. The third kappa shape index (κ3) is 5.93. The smallest absolute Gasteiger partial charge is 0.282 e. The third-order valence-electron chi connectivity index (χ3n) is 7.84. The molecule has 4 rings (SSSR count). The highest BCUT2D eigenvalue weighted by atomic mass is 19.3. The minimum atomic E-state index is -2.67. The number of carbonyl (C=O) groups excluding carboxylic acids is 2. The van der Waals surface area contributed by atoms with Gasteiger partial charge in [0.2, 0.25) is 11.8 Å². The summed E-state index contributed by atoms with van der Waals surface area (Å²) in [5, 5.41) is 14.3. The van der Waals surface area contributed by atoms with Crippen LogP contribution in [0.15, 0.2) is 18.2 Å². The molecule has 9 nitrogen and oxygen atoms in total. The first-order valence-electron chi connectivity index (χ1n) is 12.7. The van der Waals surface area contributed by atoms with Gasteiger partial charge in [0.05, 0.1) is 4.92 Å². The Morgan fingerprint density at radius 2 is 1.75 bits per heavy atom. The number of likely N-dealkylation sites (tertiary alicyclic amines) is 2. The van der Waals surface area contributed by atoms with Gasteiger partial charge in [-0.15, -0.1) is 0 Å². The average Bonchev–Trinajstić information content (AvgIpc) is 3.21. The first kappa shape index (κ1) is 26.2. The van der Waals surface area contributed by atoms with Gasteiger partial charge in [0.25, 0.3) is 11.6 Å². The van der Waals surface area contributed by atoms with Gasteiger partial charge in [0, 0.05) is 69.8 Å². The van der Waals surface area contributed by atoms with E-state index in [1.807, 2.05) is 14.1 Å². The number of rotatable bonds is 6. The van der Waals surface area contributed by atoms with Gasteiger partial charge in [-0.25, -0.2) is 8.78 Å². The number of benzene rings is 1. The lowest BCUT2D eigenvalue weighted by Crippen LogP contribution is -2.50. The molecule has 2 amide bonds. The van der Waals surface area contributed by atoms with E-state index in [0.29, 0.717) is 32.4 Å². The summed E-state index contributed by atoms with van der Waals surface area (Å²) in [6.45, 7) is 2.55. The largest absolute Gasteiger partial charge is 0.378 e. The van der Waals surface area contributed by atoms with E-state index in [-0.39, 0.29) is 47.9 Å². The molecule has 1 aromatic rings. The molecule has 0 radical (unpaired) electrons. The number of piperidine rings is 2. The molecule has 3 aliphatic rings. The second-order valence-corrected chi connectivity index (χ2v) is 10.5. The van der Waals surface area contributed by atoms with E-state index in [0.717, 1.165) is 31.6 Å². The van der Waals surface area contributed by atoms with Crippen LogP contribution in [0.2, 0.25) is 0 Å². The summed E-state index contributed by atoms with van der Waals surface area (Å²) in [6.07, 6.45) is 2.82. The van der Waals surface area contributed by atoms with Crippen LogP contribution in [0.3, 0.4) is 0 Å². The van der Waals surface area contributed by atoms with Gasteiger partial charge < -0.3 is 20.0 Å². The van der Waals surface area contributed by atoms with Crippen LogP contribution in [0.5, 0.6) is 0 Å². The van der Waals surface area contributed by atoms with E-state index < -0.39 is 16.9 Å². The molecule has 1 N–H and O–H groups in total. The Hall–Kier alpha value is -2.82. The van der Waals surface area contributed by atoms with E-state index >= 15 is 0 Å². The number of amides is 2. The van der Waals surface area contributed by atoms with E-state index in [4.69, 9.17) is 0 Å². The van der Waals surface area contributed by atoms with Gasteiger partial charge in [-0.1, -0.05) is 0 Å². The molecule has 198 valence electrons. The highest BCUT2D eigenvalue weighted by molar-refractivity contribution is 5.99. The number of carbonyl (C=O) groups is 2. The van der Waals surface area contributed by atoms with Crippen molar-refractivity contribution in [3.8, 4) is 0 Å². The summed E-state index contributed by atoms with van der Waals surface area (Å²) in [7, 11) is 3.64. The lowest BCUT2D eigenvalue weighted by atomic mass is 9.92. The first-order chi connectivity index (χ1) is 17.0. The zero-order valence-corrected chi connectivity index (χ0v) is 20.9. The van der Waals surface area contributed by atoms with Gasteiger partial charge >= 0.3 is 0 Å². The Morgan fingerprint density at radius 3 is 2.31 bits per heavy atom. The Balaban J connectivity index is 1.27. The van der Waals surface area contributed by atoms with Gasteiger partial charge in [0.15, 0.2) is 0 Å². The number of halogens is 2. The summed E-state index contributed by atoms with van der Waals surface area (Å²) in [5.74, 6) is -3.25. The summed E-state index contributed by atoms with van der Waals surface area (Å²) < 4.78 is 26.8. The molecule has 11 heteroatoms. The fourth-order valence-electron chi connectivity index (χ4n) is 5.66. The van der Waals surface area contributed by atoms with E-state index in [2.05, 4.69) is 10.2 Å². The Labute approximate surface area is 209 Å². The normalized spacial score (nSPS) is 23.4. The van der Waals surface area contributed by atoms with Crippen molar-refractivity contribution in [2.45, 2.75) is 63.0 Å². The molecule has 0 spiro atoms. The van der Waals surface area contributed by atoms with Crippen molar-refractivity contribution < 1.29 is 23.3 Å². The molecule has 1 aromatic carbocycles. The van der Waals surface area contributed by atoms with Crippen LogP contribution in [0, 0.1) is 16.0 Å². The zero-order valence-electron chi connectivity index (χ0n) is 20.9.